The summed E-state index contributed by atoms with van der Waals surface area (Å²) in [5.41, 5.74) is 3.17. The van der Waals surface area contributed by atoms with Crippen molar-refractivity contribution >= 4 is 5.97 Å². The molecule has 0 radical (unpaired) electrons. The molecule has 0 saturated carbocycles. The van der Waals surface area contributed by atoms with Gasteiger partial charge in [0.2, 0.25) is 0 Å². The minimum absolute atomic E-state index is 0.397. The second kappa shape index (κ2) is 7.04. The second-order valence-corrected chi connectivity index (χ2v) is 5.35. The number of hydrogen-bond donors (Lipinski definition) is 0. The molecule has 0 unspecified atom stereocenters. The van der Waals surface area contributed by atoms with Crippen molar-refractivity contribution < 1.29 is 18.7 Å². The molecule has 4 nitrogen and oxygen atoms in total. The Hall–Kier alpha value is -3.01. The predicted octanol–water partition coefficient (Wildman–Crippen LogP) is 4.33. The van der Waals surface area contributed by atoms with E-state index in [0.717, 1.165) is 22.4 Å². The van der Waals surface area contributed by atoms with E-state index in [-0.39, 0.29) is 0 Å². The van der Waals surface area contributed by atoms with Gasteiger partial charge in [0.15, 0.2) is 0 Å². The quantitative estimate of drug-likeness (QED) is 0.656. The number of rotatable bonds is 5. The summed E-state index contributed by atoms with van der Waals surface area (Å²) >= 11 is 0. The molecule has 0 spiro atoms. The van der Waals surface area contributed by atoms with E-state index in [9.17, 15) is 4.79 Å². The Labute approximate surface area is 140 Å². The molecule has 4 heteroatoms. The van der Waals surface area contributed by atoms with Crippen LogP contribution in [0.15, 0.2) is 65.3 Å². The summed E-state index contributed by atoms with van der Waals surface area (Å²) in [5, 5.41) is 0. The predicted molar refractivity (Wildman–Crippen MR) is 91.3 cm³/mol. The molecule has 3 aromatic rings. The minimum atomic E-state index is -0.397. The highest BCUT2D eigenvalue weighted by atomic mass is 16.5. The summed E-state index contributed by atoms with van der Waals surface area (Å²) in [7, 11) is 3.01. The van der Waals surface area contributed by atoms with Crippen LogP contribution in [-0.4, -0.2) is 20.2 Å². The molecule has 0 aliphatic heterocycles. The normalized spacial score (nSPS) is 10.4. The molecular formula is C20H18O4. The molecule has 0 bridgehead atoms. The maximum absolute atomic E-state index is 12.3. The number of hydrogen-bond acceptors (Lipinski definition) is 4. The Balaban J connectivity index is 1.98. The van der Waals surface area contributed by atoms with Crippen LogP contribution in [0.2, 0.25) is 0 Å². The molecule has 3 rings (SSSR count). The third-order valence-corrected chi connectivity index (χ3v) is 3.85. The van der Waals surface area contributed by atoms with Crippen LogP contribution in [0.25, 0.3) is 11.3 Å². The summed E-state index contributed by atoms with van der Waals surface area (Å²) in [6, 6.07) is 17.3. The SMILES string of the molecule is COC(=O)c1c(Cc2ccc(OC)cc2)coc1-c1ccccc1. The standard InChI is InChI=1S/C20H18O4/c1-22-17-10-8-14(9-11-17)12-16-13-24-19(18(16)20(21)23-2)15-6-4-3-5-7-15/h3-11,13H,12H2,1-2H3. The first-order valence-electron chi connectivity index (χ1n) is 7.60. The largest absolute Gasteiger partial charge is 0.497 e. The first-order valence-corrected chi connectivity index (χ1v) is 7.60. The van der Waals surface area contributed by atoms with Gasteiger partial charge >= 0.3 is 5.97 Å². The van der Waals surface area contributed by atoms with Crippen molar-refractivity contribution in [3.63, 3.8) is 0 Å². The monoisotopic (exact) mass is 322 g/mol. The van der Waals surface area contributed by atoms with Crippen LogP contribution >= 0.6 is 0 Å². The fourth-order valence-corrected chi connectivity index (χ4v) is 2.61. The second-order valence-electron chi connectivity index (χ2n) is 5.35. The van der Waals surface area contributed by atoms with Gasteiger partial charge < -0.3 is 13.9 Å². The molecule has 0 N–H and O–H groups in total. The number of carbonyl (C=O) groups excluding carboxylic acids is 1. The van der Waals surface area contributed by atoms with E-state index in [4.69, 9.17) is 13.9 Å². The molecule has 0 amide bonds. The summed E-state index contributed by atoms with van der Waals surface area (Å²) < 4.78 is 15.8. The highest BCUT2D eigenvalue weighted by molar-refractivity contribution is 5.97. The van der Waals surface area contributed by atoms with Crippen LogP contribution < -0.4 is 4.74 Å². The zero-order chi connectivity index (χ0) is 16.9. The van der Waals surface area contributed by atoms with Crippen molar-refractivity contribution in [3.05, 3.63) is 77.6 Å². The summed E-state index contributed by atoms with van der Waals surface area (Å²) in [5.74, 6) is 0.932. The molecule has 122 valence electrons. The van der Waals surface area contributed by atoms with Gasteiger partial charge in [0, 0.05) is 17.5 Å². The van der Waals surface area contributed by atoms with Crippen LogP contribution in [0, 0.1) is 0 Å². The van der Waals surface area contributed by atoms with E-state index in [0.29, 0.717) is 17.7 Å². The van der Waals surface area contributed by atoms with E-state index in [1.54, 1.807) is 13.4 Å². The zero-order valence-electron chi connectivity index (χ0n) is 13.6. The van der Waals surface area contributed by atoms with E-state index in [1.165, 1.54) is 7.11 Å². The highest BCUT2D eigenvalue weighted by Crippen LogP contribution is 2.30. The lowest BCUT2D eigenvalue weighted by molar-refractivity contribution is 0.0600. The van der Waals surface area contributed by atoms with Crippen LogP contribution in [-0.2, 0) is 11.2 Å². The van der Waals surface area contributed by atoms with E-state index in [2.05, 4.69) is 0 Å². The van der Waals surface area contributed by atoms with Gasteiger partial charge in [0.1, 0.15) is 17.1 Å². The Bertz CT molecular complexity index is 817. The lowest BCUT2D eigenvalue weighted by Gasteiger charge is -2.06. The average Bonchev–Trinajstić information content (AvgIpc) is 3.06. The number of methoxy groups -OCH3 is 2. The Morgan fingerprint density at radius 2 is 1.71 bits per heavy atom. The lowest BCUT2D eigenvalue weighted by Crippen LogP contribution is -2.05. The minimum Gasteiger partial charge on any atom is -0.497 e. The van der Waals surface area contributed by atoms with Crippen LogP contribution in [0.4, 0.5) is 0 Å². The van der Waals surface area contributed by atoms with Crippen molar-refractivity contribution in [2.45, 2.75) is 6.42 Å². The maximum Gasteiger partial charge on any atom is 0.342 e. The molecule has 24 heavy (non-hydrogen) atoms. The Kier molecular flexibility index (Phi) is 4.66. The van der Waals surface area contributed by atoms with E-state index < -0.39 is 5.97 Å². The third-order valence-electron chi connectivity index (χ3n) is 3.85. The molecule has 1 aromatic heterocycles. The van der Waals surface area contributed by atoms with E-state index >= 15 is 0 Å². The van der Waals surface area contributed by atoms with Crippen molar-refractivity contribution in [1.82, 2.24) is 0 Å². The van der Waals surface area contributed by atoms with Crippen LogP contribution in [0.5, 0.6) is 5.75 Å². The van der Waals surface area contributed by atoms with Crippen molar-refractivity contribution in [3.8, 4) is 17.1 Å². The molecule has 0 atom stereocenters. The van der Waals surface area contributed by atoms with Crippen molar-refractivity contribution in [2.24, 2.45) is 0 Å². The average molecular weight is 322 g/mol. The maximum atomic E-state index is 12.3. The Morgan fingerprint density at radius 3 is 2.33 bits per heavy atom. The van der Waals surface area contributed by atoms with Gasteiger partial charge in [0.25, 0.3) is 0 Å². The number of benzene rings is 2. The molecule has 0 aliphatic carbocycles. The summed E-state index contributed by atoms with van der Waals surface area (Å²) in [6.07, 6.45) is 2.20. The summed E-state index contributed by atoms with van der Waals surface area (Å²) in [4.78, 5) is 12.3. The van der Waals surface area contributed by atoms with Gasteiger partial charge in [0.05, 0.1) is 20.5 Å². The number of carbonyl (C=O) groups is 1. The van der Waals surface area contributed by atoms with Crippen LogP contribution in [0.3, 0.4) is 0 Å². The number of esters is 1. The van der Waals surface area contributed by atoms with Gasteiger partial charge in [-0.15, -0.1) is 0 Å². The van der Waals surface area contributed by atoms with Gasteiger partial charge in [-0.2, -0.15) is 0 Å². The molecule has 0 saturated heterocycles. The summed E-state index contributed by atoms with van der Waals surface area (Å²) in [6.45, 7) is 0. The van der Waals surface area contributed by atoms with Gasteiger partial charge in [-0.25, -0.2) is 4.79 Å². The van der Waals surface area contributed by atoms with Crippen molar-refractivity contribution in [2.75, 3.05) is 14.2 Å². The first kappa shape index (κ1) is 15.9. The van der Waals surface area contributed by atoms with Crippen molar-refractivity contribution in [1.29, 1.82) is 0 Å². The fourth-order valence-electron chi connectivity index (χ4n) is 2.61. The molecule has 0 aliphatic rings. The smallest absolute Gasteiger partial charge is 0.342 e. The molecule has 0 fully saturated rings. The van der Waals surface area contributed by atoms with E-state index in [1.807, 2.05) is 54.6 Å². The molecule has 2 aromatic carbocycles. The number of ether oxygens (including phenoxy) is 2. The Morgan fingerprint density at radius 1 is 1.00 bits per heavy atom. The molecular weight excluding hydrogens is 304 g/mol. The zero-order valence-corrected chi connectivity index (χ0v) is 13.6. The topological polar surface area (TPSA) is 48.7 Å². The lowest BCUT2D eigenvalue weighted by atomic mass is 10.00. The highest BCUT2D eigenvalue weighted by Gasteiger charge is 2.22. The molecule has 1 heterocycles. The van der Waals surface area contributed by atoms with Gasteiger partial charge in [-0.05, 0) is 17.7 Å². The van der Waals surface area contributed by atoms with Crippen LogP contribution in [0.1, 0.15) is 21.5 Å². The number of furan rings is 1. The first-order chi connectivity index (χ1) is 11.7. The van der Waals surface area contributed by atoms with Gasteiger partial charge in [-0.3, -0.25) is 0 Å². The fraction of sp³-hybridized carbons (Fsp3) is 0.150. The van der Waals surface area contributed by atoms with Gasteiger partial charge in [-0.1, -0.05) is 42.5 Å². The third kappa shape index (κ3) is 3.18.